The third-order valence-corrected chi connectivity index (χ3v) is 7.04. The average Bonchev–Trinajstić information content (AvgIpc) is 3.36. The van der Waals surface area contributed by atoms with E-state index in [1.165, 1.54) is 10.6 Å². The van der Waals surface area contributed by atoms with Gasteiger partial charge < -0.3 is 9.88 Å². The molecule has 0 saturated carbocycles. The largest absolute Gasteiger partial charge is 0.416 e. The Hall–Kier alpha value is -2.66. The molecule has 0 aliphatic carbocycles. The summed E-state index contributed by atoms with van der Waals surface area (Å²) in [7, 11) is -2.04. The predicted octanol–water partition coefficient (Wildman–Crippen LogP) is 2.88. The minimum Gasteiger partial charge on any atom is -0.355 e. The zero-order chi connectivity index (χ0) is 20.8. The summed E-state index contributed by atoms with van der Waals surface area (Å²) in [5.74, 6) is 0.690. The molecule has 1 atom stereocenters. The maximum Gasteiger partial charge on any atom is 0.416 e. The molecule has 11 heteroatoms. The van der Waals surface area contributed by atoms with E-state index in [0.717, 1.165) is 29.7 Å². The minimum atomic E-state index is -4.51. The molecule has 4 rings (SSSR count). The molecule has 0 radical (unpaired) electrons. The Labute approximate surface area is 165 Å². The first-order valence-corrected chi connectivity index (χ1v) is 10.3. The van der Waals surface area contributed by atoms with Gasteiger partial charge in [0.1, 0.15) is 17.8 Å². The van der Waals surface area contributed by atoms with Gasteiger partial charge in [-0.05, 0) is 36.8 Å². The highest BCUT2D eigenvalue weighted by molar-refractivity contribution is 7.89. The van der Waals surface area contributed by atoms with E-state index in [1.807, 2.05) is 18.0 Å². The number of benzene rings is 1. The molecule has 7 nitrogen and oxygen atoms in total. The fourth-order valence-electron chi connectivity index (χ4n) is 3.52. The third-order valence-electron chi connectivity index (χ3n) is 5.16. The number of fused-ring (bicyclic) bond motifs is 1. The van der Waals surface area contributed by atoms with Crippen LogP contribution in [0.25, 0.3) is 11.0 Å². The second-order valence-electron chi connectivity index (χ2n) is 6.88. The summed E-state index contributed by atoms with van der Waals surface area (Å²) in [5.41, 5.74) is -0.191. The van der Waals surface area contributed by atoms with Crippen molar-refractivity contribution in [3.05, 3.63) is 48.4 Å². The van der Waals surface area contributed by atoms with E-state index in [0.29, 0.717) is 17.9 Å². The summed E-state index contributed by atoms with van der Waals surface area (Å²) < 4.78 is 65.2. The Bertz CT molecular complexity index is 1130. The van der Waals surface area contributed by atoms with Gasteiger partial charge in [0.15, 0.2) is 0 Å². The summed E-state index contributed by atoms with van der Waals surface area (Å²) in [4.78, 5) is 13.2. The van der Waals surface area contributed by atoms with Crippen LogP contribution in [-0.4, -0.2) is 53.9 Å². The van der Waals surface area contributed by atoms with Crippen LogP contribution in [0.4, 0.5) is 19.0 Å². The van der Waals surface area contributed by atoms with Gasteiger partial charge in [-0.25, -0.2) is 18.4 Å². The van der Waals surface area contributed by atoms with Gasteiger partial charge in [-0.1, -0.05) is 0 Å². The number of sulfonamides is 1. The normalized spacial score (nSPS) is 18.4. The number of H-pyrrole nitrogens is 1. The molecule has 0 bridgehead atoms. The lowest BCUT2D eigenvalue weighted by Crippen LogP contribution is -2.37. The Morgan fingerprint density at radius 3 is 2.59 bits per heavy atom. The van der Waals surface area contributed by atoms with Crippen LogP contribution in [0.3, 0.4) is 0 Å². The number of rotatable bonds is 4. The maximum absolute atomic E-state index is 12.9. The lowest BCUT2D eigenvalue weighted by atomic mass is 10.2. The van der Waals surface area contributed by atoms with Gasteiger partial charge in [0.2, 0.25) is 10.0 Å². The molecule has 2 aromatic heterocycles. The smallest absolute Gasteiger partial charge is 0.355 e. The first-order valence-electron chi connectivity index (χ1n) is 8.86. The number of halogens is 3. The molecule has 0 amide bonds. The van der Waals surface area contributed by atoms with Crippen LogP contribution in [0.5, 0.6) is 0 Å². The standard InChI is InChI=1S/C18H18F3N5O2S/c1-25(17-15-6-8-22-16(15)23-11-24-17)13-7-9-26(10-13)29(27,28)14-4-2-12(3-5-14)18(19,20)21/h2-6,8,11,13H,7,9-10H2,1H3,(H,22,23,24). The highest BCUT2D eigenvalue weighted by atomic mass is 32.2. The van der Waals surface area contributed by atoms with Gasteiger partial charge in [-0.15, -0.1) is 0 Å². The van der Waals surface area contributed by atoms with Crippen molar-refractivity contribution < 1.29 is 21.6 Å². The van der Waals surface area contributed by atoms with E-state index in [9.17, 15) is 21.6 Å². The highest BCUT2D eigenvalue weighted by Gasteiger charge is 2.36. The Morgan fingerprint density at radius 1 is 1.17 bits per heavy atom. The zero-order valence-corrected chi connectivity index (χ0v) is 16.2. The van der Waals surface area contributed by atoms with Crippen molar-refractivity contribution in [2.75, 3.05) is 25.0 Å². The predicted molar refractivity (Wildman–Crippen MR) is 101 cm³/mol. The molecule has 1 saturated heterocycles. The lowest BCUT2D eigenvalue weighted by molar-refractivity contribution is -0.137. The zero-order valence-electron chi connectivity index (χ0n) is 15.4. The summed E-state index contributed by atoms with van der Waals surface area (Å²) >= 11 is 0. The summed E-state index contributed by atoms with van der Waals surface area (Å²) in [6, 6.07) is 5.32. The molecule has 29 heavy (non-hydrogen) atoms. The number of alkyl halides is 3. The van der Waals surface area contributed by atoms with Crippen LogP contribution < -0.4 is 4.90 Å². The molecule has 1 aliphatic rings. The van der Waals surface area contributed by atoms with Crippen LogP contribution in [0.15, 0.2) is 47.8 Å². The van der Waals surface area contributed by atoms with Crippen LogP contribution in [-0.2, 0) is 16.2 Å². The van der Waals surface area contributed by atoms with Crippen LogP contribution >= 0.6 is 0 Å². The van der Waals surface area contributed by atoms with Gasteiger partial charge >= 0.3 is 6.18 Å². The van der Waals surface area contributed by atoms with Crippen molar-refractivity contribution in [3.8, 4) is 0 Å². The second-order valence-corrected chi connectivity index (χ2v) is 8.81. The fraction of sp³-hybridized carbons (Fsp3) is 0.333. The Kier molecular flexibility index (Phi) is 4.74. The van der Waals surface area contributed by atoms with Crippen molar-refractivity contribution in [2.45, 2.75) is 23.5 Å². The summed E-state index contributed by atoms with van der Waals surface area (Å²) in [6.07, 6.45) is -0.736. The second kappa shape index (κ2) is 6.99. The number of hydrogen-bond acceptors (Lipinski definition) is 5. The molecule has 1 N–H and O–H groups in total. The number of hydrogen-bond donors (Lipinski definition) is 1. The molecule has 154 valence electrons. The quantitative estimate of drug-likeness (QED) is 0.695. The van der Waals surface area contributed by atoms with Gasteiger partial charge in [0, 0.05) is 32.4 Å². The highest BCUT2D eigenvalue weighted by Crippen LogP contribution is 2.32. The van der Waals surface area contributed by atoms with Gasteiger partial charge in [0.25, 0.3) is 0 Å². The van der Waals surface area contributed by atoms with Crippen molar-refractivity contribution >= 4 is 26.9 Å². The fourth-order valence-corrected chi connectivity index (χ4v) is 5.01. The van der Waals surface area contributed by atoms with E-state index < -0.39 is 21.8 Å². The lowest BCUT2D eigenvalue weighted by Gasteiger charge is -2.26. The van der Waals surface area contributed by atoms with Crippen molar-refractivity contribution in [2.24, 2.45) is 0 Å². The number of aromatic amines is 1. The SMILES string of the molecule is CN(c1ncnc2[nH]ccc12)C1CCN(S(=O)(=O)c2ccc(C(F)(F)F)cc2)C1. The molecule has 3 heterocycles. The molecule has 1 aliphatic heterocycles. The van der Waals surface area contributed by atoms with Crippen LogP contribution in [0, 0.1) is 0 Å². The molecular weight excluding hydrogens is 407 g/mol. The monoisotopic (exact) mass is 425 g/mol. The first-order chi connectivity index (χ1) is 13.7. The first kappa shape index (κ1) is 19.6. The van der Waals surface area contributed by atoms with E-state index in [2.05, 4.69) is 15.0 Å². The average molecular weight is 425 g/mol. The topological polar surface area (TPSA) is 82.2 Å². The third kappa shape index (κ3) is 3.55. The van der Waals surface area contributed by atoms with Crippen molar-refractivity contribution in [3.63, 3.8) is 0 Å². The molecule has 0 spiro atoms. The number of nitrogens with one attached hydrogen (secondary N) is 1. The van der Waals surface area contributed by atoms with E-state index in [1.54, 1.807) is 6.20 Å². The Morgan fingerprint density at radius 2 is 1.90 bits per heavy atom. The van der Waals surface area contributed by atoms with Gasteiger partial charge in [0.05, 0.1) is 15.8 Å². The van der Waals surface area contributed by atoms with Gasteiger partial charge in [-0.2, -0.15) is 17.5 Å². The number of anilines is 1. The molecule has 3 aromatic rings. The Balaban J connectivity index is 1.53. The van der Waals surface area contributed by atoms with E-state index in [4.69, 9.17) is 0 Å². The van der Waals surface area contributed by atoms with Crippen LogP contribution in [0.1, 0.15) is 12.0 Å². The summed E-state index contributed by atoms with van der Waals surface area (Å²) in [6.45, 7) is 0.496. The molecule has 1 aromatic carbocycles. The number of nitrogens with zero attached hydrogens (tertiary/aromatic N) is 4. The minimum absolute atomic E-state index is 0.118. The number of likely N-dealkylation sites (N-methyl/N-ethyl adjacent to an activating group) is 1. The summed E-state index contributed by atoms with van der Waals surface area (Å²) in [5, 5.41) is 0.832. The van der Waals surface area contributed by atoms with Crippen LogP contribution in [0.2, 0.25) is 0 Å². The van der Waals surface area contributed by atoms with E-state index >= 15 is 0 Å². The molecule has 1 unspecified atom stereocenters. The molecule has 1 fully saturated rings. The molecular formula is C18H18F3N5O2S. The number of aromatic nitrogens is 3. The maximum atomic E-state index is 12.9. The van der Waals surface area contributed by atoms with E-state index in [-0.39, 0.29) is 24.0 Å². The van der Waals surface area contributed by atoms with Gasteiger partial charge in [-0.3, -0.25) is 0 Å². The van der Waals surface area contributed by atoms with Crippen molar-refractivity contribution in [1.82, 2.24) is 19.3 Å². The van der Waals surface area contributed by atoms with Crippen molar-refractivity contribution in [1.29, 1.82) is 0 Å².